The highest BCUT2D eigenvalue weighted by atomic mass is 16.5. The fourth-order valence-corrected chi connectivity index (χ4v) is 2.02. The fraction of sp³-hybridized carbons (Fsp3) is 0.929. The molecule has 0 aliphatic heterocycles. The summed E-state index contributed by atoms with van der Waals surface area (Å²) >= 11 is 0. The van der Waals surface area contributed by atoms with E-state index >= 15 is 0 Å². The van der Waals surface area contributed by atoms with Gasteiger partial charge in [-0.25, -0.2) is 0 Å². The number of hydrogen-bond acceptors (Lipinski definition) is 7. The lowest BCUT2D eigenvalue weighted by molar-refractivity contribution is -0.160. The number of carbonyl (C=O) groups is 1. The smallest absolute Gasteiger partial charge is 0.309 e. The summed E-state index contributed by atoms with van der Waals surface area (Å²) in [6.07, 6.45) is -3.47. The second-order valence-corrected chi connectivity index (χ2v) is 5.20. The van der Waals surface area contributed by atoms with Gasteiger partial charge in [0.15, 0.2) is 0 Å². The summed E-state index contributed by atoms with van der Waals surface area (Å²) in [7, 11) is 0. The lowest BCUT2D eigenvalue weighted by Gasteiger charge is -2.25. The van der Waals surface area contributed by atoms with Crippen LogP contribution in [0.2, 0.25) is 0 Å². The van der Waals surface area contributed by atoms with Gasteiger partial charge < -0.3 is 30.3 Å². The second-order valence-electron chi connectivity index (χ2n) is 5.20. The van der Waals surface area contributed by atoms with Gasteiger partial charge in [-0.15, -0.1) is 0 Å². The van der Waals surface area contributed by atoms with Gasteiger partial charge in [-0.05, 0) is 12.8 Å². The molecule has 7 heteroatoms. The van der Waals surface area contributed by atoms with Crippen molar-refractivity contribution < 1.29 is 35.1 Å². The van der Waals surface area contributed by atoms with Crippen molar-refractivity contribution >= 4 is 5.97 Å². The van der Waals surface area contributed by atoms with E-state index in [-0.39, 0.29) is 5.92 Å². The number of esters is 1. The Bertz CT molecular complexity index is 278. The van der Waals surface area contributed by atoms with Crippen LogP contribution in [0.3, 0.4) is 0 Å². The molecule has 0 amide bonds. The largest absolute Gasteiger partial charge is 0.463 e. The summed E-state index contributed by atoms with van der Waals surface area (Å²) in [6, 6.07) is 0. The van der Waals surface area contributed by atoms with Crippen molar-refractivity contribution in [2.24, 2.45) is 5.92 Å². The van der Waals surface area contributed by atoms with E-state index in [1.54, 1.807) is 0 Å². The quantitative estimate of drug-likeness (QED) is 0.316. The molecule has 0 fully saturated rings. The Labute approximate surface area is 125 Å². The van der Waals surface area contributed by atoms with Crippen LogP contribution in [0.1, 0.15) is 39.5 Å². The molecule has 0 bridgehead atoms. The summed E-state index contributed by atoms with van der Waals surface area (Å²) in [4.78, 5) is 11.8. The average molecular weight is 308 g/mol. The number of carbonyl (C=O) groups excluding carboxylic acids is 1. The van der Waals surface area contributed by atoms with E-state index in [4.69, 9.17) is 9.84 Å². The third-order valence-electron chi connectivity index (χ3n) is 3.33. The Morgan fingerprint density at radius 1 is 0.952 bits per heavy atom. The Hall–Kier alpha value is -0.730. The van der Waals surface area contributed by atoms with Gasteiger partial charge in [-0.3, -0.25) is 4.79 Å². The first kappa shape index (κ1) is 20.3. The van der Waals surface area contributed by atoms with Crippen LogP contribution >= 0.6 is 0 Å². The van der Waals surface area contributed by atoms with Crippen molar-refractivity contribution in [3.05, 3.63) is 0 Å². The molecule has 0 aliphatic rings. The molecule has 21 heavy (non-hydrogen) atoms. The van der Waals surface area contributed by atoms with Crippen LogP contribution in [-0.4, -0.2) is 69.1 Å². The summed E-state index contributed by atoms with van der Waals surface area (Å²) in [5.41, 5.74) is 0. The zero-order chi connectivity index (χ0) is 16.4. The van der Waals surface area contributed by atoms with Crippen molar-refractivity contribution in [1.82, 2.24) is 0 Å². The second kappa shape index (κ2) is 10.9. The third-order valence-corrected chi connectivity index (χ3v) is 3.33. The predicted molar refractivity (Wildman–Crippen MR) is 75.4 cm³/mol. The predicted octanol–water partition coefficient (Wildman–Crippen LogP) is -0.818. The first-order chi connectivity index (χ1) is 9.88. The van der Waals surface area contributed by atoms with Gasteiger partial charge >= 0.3 is 5.97 Å². The minimum Gasteiger partial charge on any atom is -0.463 e. The molecule has 0 unspecified atom stereocenters. The molecule has 0 spiro atoms. The zero-order valence-electron chi connectivity index (χ0n) is 12.7. The minimum atomic E-state index is -1.72. The van der Waals surface area contributed by atoms with Crippen molar-refractivity contribution in [1.29, 1.82) is 0 Å². The highest BCUT2D eigenvalue weighted by molar-refractivity contribution is 5.72. The van der Waals surface area contributed by atoms with E-state index in [0.29, 0.717) is 12.8 Å². The summed E-state index contributed by atoms with van der Waals surface area (Å²) in [5.74, 6) is -0.681. The molecule has 0 aromatic carbocycles. The summed E-state index contributed by atoms with van der Waals surface area (Å²) in [5, 5.41) is 46.5. The van der Waals surface area contributed by atoms with E-state index < -0.39 is 43.6 Å². The lowest BCUT2D eigenvalue weighted by atomic mass is 9.98. The molecule has 5 N–H and O–H groups in total. The third kappa shape index (κ3) is 7.19. The lowest BCUT2D eigenvalue weighted by Crippen LogP contribution is -2.47. The van der Waals surface area contributed by atoms with E-state index in [9.17, 15) is 25.2 Å². The standard InChI is InChI=1S/C14H28O7/c1-3-5-9(6-4-2)14(20)21-8-11(17)13(19)12(18)10(16)7-15/h9-13,15-19H,3-8H2,1-2H3/t10-,11+,12+,13+/m0/s1. The molecule has 0 aromatic heterocycles. The molecule has 4 atom stereocenters. The molecule has 0 rings (SSSR count). The van der Waals surface area contributed by atoms with Crippen molar-refractivity contribution in [2.75, 3.05) is 13.2 Å². The summed E-state index contributed by atoms with van der Waals surface area (Å²) in [6.45, 7) is 2.70. The number of ether oxygens (including phenoxy) is 1. The van der Waals surface area contributed by atoms with Gasteiger partial charge in [-0.2, -0.15) is 0 Å². The van der Waals surface area contributed by atoms with E-state index in [2.05, 4.69) is 0 Å². The van der Waals surface area contributed by atoms with Gasteiger partial charge in [0, 0.05) is 0 Å². The first-order valence-electron chi connectivity index (χ1n) is 7.38. The zero-order valence-corrected chi connectivity index (χ0v) is 12.7. The van der Waals surface area contributed by atoms with Gasteiger partial charge in [0.2, 0.25) is 0 Å². The van der Waals surface area contributed by atoms with Crippen LogP contribution in [0.25, 0.3) is 0 Å². The topological polar surface area (TPSA) is 127 Å². The number of hydrogen-bond donors (Lipinski definition) is 5. The van der Waals surface area contributed by atoms with Crippen LogP contribution in [0, 0.1) is 5.92 Å². The fourth-order valence-electron chi connectivity index (χ4n) is 2.02. The van der Waals surface area contributed by atoms with Crippen molar-refractivity contribution in [3.8, 4) is 0 Å². The molecule has 0 saturated carbocycles. The number of rotatable bonds is 11. The molecular formula is C14H28O7. The maximum absolute atomic E-state index is 11.8. The average Bonchev–Trinajstić information content (AvgIpc) is 2.49. The molecule has 7 nitrogen and oxygen atoms in total. The molecule has 0 aliphatic carbocycles. The van der Waals surface area contributed by atoms with Crippen LogP contribution in [0.15, 0.2) is 0 Å². The maximum atomic E-state index is 11.8. The van der Waals surface area contributed by atoms with E-state index in [0.717, 1.165) is 12.8 Å². The van der Waals surface area contributed by atoms with Crippen LogP contribution in [0.5, 0.6) is 0 Å². The monoisotopic (exact) mass is 308 g/mol. The summed E-state index contributed by atoms with van der Waals surface area (Å²) < 4.78 is 4.95. The highest BCUT2D eigenvalue weighted by Crippen LogP contribution is 2.16. The molecule has 0 aromatic rings. The van der Waals surface area contributed by atoms with Crippen LogP contribution in [0.4, 0.5) is 0 Å². The highest BCUT2D eigenvalue weighted by Gasteiger charge is 2.31. The molecule has 126 valence electrons. The SMILES string of the molecule is CCCC(CCC)C(=O)OC[C@@H](O)[C@@H](O)[C@H](O)[C@@H](O)CO. The van der Waals surface area contributed by atoms with E-state index in [1.807, 2.05) is 13.8 Å². The molecular weight excluding hydrogens is 280 g/mol. The van der Waals surface area contributed by atoms with Crippen LogP contribution < -0.4 is 0 Å². The van der Waals surface area contributed by atoms with Crippen molar-refractivity contribution in [3.63, 3.8) is 0 Å². The first-order valence-corrected chi connectivity index (χ1v) is 7.38. The Morgan fingerprint density at radius 3 is 1.86 bits per heavy atom. The molecule has 0 heterocycles. The minimum absolute atomic E-state index is 0.239. The Morgan fingerprint density at radius 2 is 1.43 bits per heavy atom. The molecule has 0 radical (unpaired) electrons. The normalized spacial score (nSPS) is 17.3. The van der Waals surface area contributed by atoms with E-state index in [1.165, 1.54) is 0 Å². The van der Waals surface area contributed by atoms with Gasteiger partial charge in [0.25, 0.3) is 0 Å². The van der Waals surface area contributed by atoms with Gasteiger partial charge in [0.05, 0.1) is 12.5 Å². The van der Waals surface area contributed by atoms with Crippen molar-refractivity contribution in [2.45, 2.75) is 63.9 Å². The maximum Gasteiger partial charge on any atom is 0.309 e. The number of aliphatic hydroxyl groups is 5. The van der Waals surface area contributed by atoms with Gasteiger partial charge in [-0.1, -0.05) is 26.7 Å². The van der Waals surface area contributed by atoms with Crippen LogP contribution in [-0.2, 0) is 9.53 Å². The van der Waals surface area contributed by atoms with Gasteiger partial charge in [0.1, 0.15) is 31.0 Å². The number of aliphatic hydroxyl groups excluding tert-OH is 5. The Kier molecular flexibility index (Phi) is 10.5. The Balaban J connectivity index is 4.32. The molecule has 0 saturated heterocycles.